The maximum Gasteiger partial charge on any atom is 0.164 e. The predicted octanol–water partition coefficient (Wildman–Crippen LogP) is 10.9. The van der Waals surface area contributed by atoms with Gasteiger partial charge in [-0.15, -0.1) is 0 Å². The maximum absolute atomic E-state index is 6.83. The summed E-state index contributed by atoms with van der Waals surface area (Å²) < 4.78 is 15.3. The van der Waals surface area contributed by atoms with Crippen LogP contribution >= 0.6 is 0 Å². The molecule has 5 heterocycles. The highest BCUT2D eigenvalue weighted by molar-refractivity contribution is 6.12. The number of hydrogen-bond acceptors (Lipinski definition) is 6. The molecule has 1 unspecified atom stereocenters. The first-order valence-corrected chi connectivity index (χ1v) is 17.1. The van der Waals surface area contributed by atoms with Crippen molar-refractivity contribution < 1.29 is 8.83 Å². The van der Waals surface area contributed by atoms with E-state index in [0.29, 0.717) is 23.9 Å². The molecule has 5 aromatic carbocycles. The normalized spacial score (nSPS) is 14.3. The number of fused-ring (bicyclic) bond motifs is 9. The zero-order valence-electron chi connectivity index (χ0n) is 27.2. The first-order valence-electron chi connectivity index (χ1n) is 17.1. The van der Waals surface area contributed by atoms with Crippen LogP contribution in [-0.2, 0) is 0 Å². The van der Waals surface area contributed by atoms with Crippen LogP contribution in [0.5, 0.6) is 0 Å². The van der Waals surface area contributed by atoms with Gasteiger partial charge in [-0.1, -0.05) is 91.0 Å². The van der Waals surface area contributed by atoms with Crippen molar-refractivity contribution in [3.63, 3.8) is 0 Å². The molecular weight excluding hydrogens is 631 g/mol. The van der Waals surface area contributed by atoms with E-state index >= 15 is 0 Å². The van der Waals surface area contributed by atoms with E-state index in [0.717, 1.165) is 77.6 Å². The van der Waals surface area contributed by atoms with Crippen LogP contribution in [0, 0.1) is 0 Å². The van der Waals surface area contributed by atoms with Crippen molar-refractivity contribution in [2.75, 3.05) is 0 Å². The minimum Gasteiger partial charge on any atom is -0.460 e. The predicted molar refractivity (Wildman–Crippen MR) is 202 cm³/mol. The van der Waals surface area contributed by atoms with Crippen LogP contribution in [0.4, 0.5) is 0 Å². The number of furan rings is 2. The summed E-state index contributed by atoms with van der Waals surface area (Å²) in [4.78, 5) is 20.2. The van der Waals surface area contributed by atoms with E-state index in [9.17, 15) is 0 Å². The Balaban J connectivity index is 1.10. The SMILES string of the molecule is C1=Cc2c(oc3cc(-n4c5ccccc5c5cccnc54)ccc23)C(c2nc(-c3ccccc3)nc(-c3cccc4oc5ccccc5c34)n2)C1. The van der Waals surface area contributed by atoms with Gasteiger partial charge in [0.15, 0.2) is 11.6 Å². The van der Waals surface area contributed by atoms with Crippen molar-refractivity contribution in [2.45, 2.75) is 12.3 Å². The molecule has 10 aromatic rings. The molecule has 7 nitrogen and oxygen atoms in total. The van der Waals surface area contributed by atoms with Crippen molar-refractivity contribution in [1.82, 2.24) is 24.5 Å². The molecule has 0 amide bonds. The number of hydrogen-bond donors (Lipinski definition) is 0. The van der Waals surface area contributed by atoms with Crippen molar-refractivity contribution in [1.29, 1.82) is 0 Å². The minimum atomic E-state index is -0.208. The molecular formula is C44H27N5O2. The maximum atomic E-state index is 6.83. The van der Waals surface area contributed by atoms with Crippen molar-refractivity contribution in [3.8, 4) is 28.5 Å². The van der Waals surface area contributed by atoms with Gasteiger partial charge in [0.25, 0.3) is 0 Å². The van der Waals surface area contributed by atoms with Crippen LogP contribution in [0.1, 0.15) is 29.5 Å². The summed E-state index contributed by atoms with van der Waals surface area (Å²) in [6, 6.07) is 43.2. The molecule has 0 bridgehead atoms. The first-order chi connectivity index (χ1) is 25.3. The van der Waals surface area contributed by atoms with E-state index in [-0.39, 0.29) is 5.92 Å². The molecule has 0 saturated carbocycles. The number of nitrogens with zero attached hydrogens (tertiary/aromatic N) is 5. The van der Waals surface area contributed by atoms with Gasteiger partial charge in [0, 0.05) is 55.9 Å². The Morgan fingerprint density at radius 3 is 2.35 bits per heavy atom. The molecule has 1 aliphatic carbocycles. The Bertz CT molecular complexity index is 2970. The summed E-state index contributed by atoms with van der Waals surface area (Å²) in [6.07, 6.45) is 6.91. The fourth-order valence-corrected chi connectivity index (χ4v) is 7.75. The number of benzene rings is 5. The molecule has 0 saturated heterocycles. The summed E-state index contributed by atoms with van der Waals surface area (Å²) in [5.41, 5.74) is 8.33. The van der Waals surface area contributed by atoms with E-state index in [1.165, 1.54) is 5.39 Å². The smallest absolute Gasteiger partial charge is 0.164 e. The average molecular weight is 658 g/mol. The van der Waals surface area contributed by atoms with E-state index in [4.69, 9.17) is 28.8 Å². The minimum absolute atomic E-state index is 0.208. The van der Waals surface area contributed by atoms with Crippen molar-refractivity contribution >= 4 is 60.9 Å². The third-order valence-electron chi connectivity index (χ3n) is 10.0. The average Bonchev–Trinajstić information content (AvgIpc) is 3.87. The third-order valence-corrected chi connectivity index (χ3v) is 10.0. The van der Waals surface area contributed by atoms with Gasteiger partial charge < -0.3 is 8.83 Å². The van der Waals surface area contributed by atoms with E-state index in [1.54, 1.807) is 0 Å². The number of rotatable bonds is 4. The van der Waals surface area contributed by atoms with Gasteiger partial charge >= 0.3 is 0 Å². The summed E-state index contributed by atoms with van der Waals surface area (Å²) in [5, 5.41) is 5.36. The lowest BCUT2D eigenvalue weighted by atomic mass is 9.91. The molecule has 11 rings (SSSR count). The summed E-state index contributed by atoms with van der Waals surface area (Å²) in [6.45, 7) is 0. The van der Waals surface area contributed by atoms with Crippen LogP contribution in [0.3, 0.4) is 0 Å². The second-order valence-electron chi connectivity index (χ2n) is 13.0. The molecule has 0 N–H and O–H groups in total. The first kappa shape index (κ1) is 28.0. The Morgan fingerprint density at radius 2 is 1.41 bits per heavy atom. The quantitative estimate of drug-likeness (QED) is 0.187. The highest BCUT2D eigenvalue weighted by Crippen LogP contribution is 2.42. The van der Waals surface area contributed by atoms with Gasteiger partial charge in [-0.2, -0.15) is 0 Å². The largest absolute Gasteiger partial charge is 0.460 e. The lowest BCUT2D eigenvalue weighted by Gasteiger charge is -2.18. The summed E-state index contributed by atoms with van der Waals surface area (Å²) in [5.74, 6) is 2.53. The van der Waals surface area contributed by atoms with Gasteiger partial charge in [0.05, 0.1) is 17.1 Å². The van der Waals surface area contributed by atoms with Crippen LogP contribution < -0.4 is 0 Å². The number of allylic oxidation sites excluding steroid dienone is 1. The van der Waals surface area contributed by atoms with Gasteiger partial charge in [0.2, 0.25) is 0 Å². The number of para-hydroxylation sites is 2. The molecule has 0 aliphatic heterocycles. The molecule has 0 radical (unpaired) electrons. The second kappa shape index (κ2) is 10.8. The molecule has 240 valence electrons. The topological polar surface area (TPSA) is 82.8 Å². The van der Waals surface area contributed by atoms with Crippen LogP contribution in [0.2, 0.25) is 0 Å². The Labute approximate surface area is 291 Å². The standard InChI is InChI=1S/C44H27N5O2/c1-2-11-26(12-3-1)41-46-42(33-16-9-21-37-39(33)32-14-5-7-20-36(32)50-37)48-43(47-41)34-17-8-15-30-29-23-22-27(25-38(29)51-40(30)34)49-35-19-6-4-13-28(35)31-18-10-24-45-44(31)49/h1-16,18-25,34H,17H2. The monoisotopic (exact) mass is 657 g/mol. The Hall–Kier alpha value is -6.86. The molecule has 0 fully saturated rings. The molecule has 0 spiro atoms. The van der Waals surface area contributed by atoms with Crippen LogP contribution in [0.25, 0.3) is 89.4 Å². The Morgan fingerprint density at radius 1 is 0.608 bits per heavy atom. The number of aromatic nitrogens is 5. The van der Waals surface area contributed by atoms with Gasteiger partial charge in [-0.3, -0.25) is 4.57 Å². The van der Waals surface area contributed by atoms with Gasteiger partial charge in [-0.05, 0) is 48.9 Å². The molecule has 1 aliphatic rings. The van der Waals surface area contributed by atoms with E-state index in [1.807, 2.05) is 72.9 Å². The zero-order valence-corrected chi connectivity index (χ0v) is 27.2. The highest BCUT2D eigenvalue weighted by atomic mass is 16.3. The van der Waals surface area contributed by atoms with Crippen LogP contribution in [0.15, 0.2) is 149 Å². The van der Waals surface area contributed by atoms with E-state index in [2.05, 4.69) is 77.4 Å². The van der Waals surface area contributed by atoms with Crippen molar-refractivity contribution in [3.05, 3.63) is 157 Å². The molecule has 51 heavy (non-hydrogen) atoms. The fourth-order valence-electron chi connectivity index (χ4n) is 7.75. The Kier molecular flexibility index (Phi) is 5.95. The number of pyridine rings is 1. The second-order valence-corrected chi connectivity index (χ2v) is 13.0. The lowest BCUT2D eigenvalue weighted by molar-refractivity contribution is 0.506. The third kappa shape index (κ3) is 4.25. The lowest BCUT2D eigenvalue weighted by Crippen LogP contribution is -2.11. The summed E-state index contributed by atoms with van der Waals surface area (Å²) in [7, 11) is 0. The summed E-state index contributed by atoms with van der Waals surface area (Å²) >= 11 is 0. The zero-order chi connectivity index (χ0) is 33.5. The molecule has 5 aromatic heterocycles. The van der Waals surface area contributed by atoms with E-state index < -0.39 is 0 Å². The highest BCUT2D eigenvalue weighted by Gasteiger charge is 2.29. The fraction of sp³-hybridized carbons (Fsp3) is 0.0455. The molecule has 7 heteroatoms. The van der Waals surface area contributed by atoms with Gasteiger partial charge in [-0.25, -0.2) is 19.9 Å². The van der Waals surface area contributed by atoms with Crippen molar-refractivity contribution in [2.24, 2.45) is 0 Å². The van der Waals surface area contributed by atoms with Gasteiger partial charge in [0.1, 0.15) is 34.0 Å². The van der Waals surface area contributed by atoms with Crippen LogP contribution in [-0.4, -0.2) is 24.5 Å². The molecule has 1 atom stereocenters.